The van der Waals surface area contributed by atoms with Gasteiger partial charge in [0, 0.05) is 10.2 Å². The van der Waals surface area contributed by atoms with Crippen molar-refractivity contribution < 1.29 is 17.6 Å². The Morgan fingerprint density at radius 3 is 2.16 bits per heavy atom. The SMILES string of the molecule is Fc1nc(F)c(F)c(Nc2ccc(Br)c(Cl)c2)c1F. The molecule has 2 aromatic rings. The van der Waals surface area contributed by atoms with Gasteiger partial charge in [-0.2, -0.15) is 22.5 Å². The predicted molar refractivity (Wildman–Crippen MR) is 66.5 cm³/mol. The molecule has 0 bridgehead atoms. The van der Waals surface area contributed by atoms with Crippen LogP contribution in [0.4, 0.5) is 28.9 Å². The molecule has 8 heteroatoms. The second kappa shape index (κ2) is 5.34. The number of benzene rings is 1. The van der Waals surface area contributed by atoms with Crippen molar-refractivity contribution in [3.8, 4) is 0 Å². The Balaban J connectivity index is 2.46. The molecule has 0 fully saturated rings. The standard InChI is InChI=1S/C11H4BrClF4N2/c12-5-2-1-4(3-6(5)13)18-9-7(14)10(16)19-11(17)8(9)15/h1-3H,(H,18,19). The first-order valence-electron chi connectivity index (χ1n) is 4.82. The third-order valence-electron chi connectivity index (χ3n) is 2.19. The normalized spacial score (nSPS) is 10.6. The number of pyridine rings is 1. The zero-order valence-electron chi connectivity index (χ0n) is 8.95. The van der Waals surface area contributed by atoms with Crippen molar-refractivity contribution in [2.45, 2.75) is 0 Å². The van der Waals surface area contributed by atoms with Gasteiger partial charge in [0.05, 0.1) is 5.02 Å². The second-order valence-corrected chi connectivity index (χ2v) is 4.71. The van der Waals surface area contributed by atoms with Crippen LogP contribution in [0.25, 0.3) is 0 Å². The number of hydrogen-bond acceptors (Lipinski definition) is 2. The van der Waals surface area contributed by atoms with Crippen molar-refractivity contribution in [1.82, 2.24) is 4.98 Å². The average molecular weight is 356 g/mol. The third kappa shape index (κ3) is 2.82. The van der Waals surface area contributed by atoms with Crippen molar-refractivity contribution in [1.29, 1.82) is 0 Å². The van der Waals surface area contributed by atoms with Crippen LogP contribution < -0.4 is 5.32 Å². The highest BCUT2D eigenvalue weighted by Gasteiger charge is 2.20. The molecule has 0 radical (unpaired) electrons. The summed E-state index contributed by atoms with van der Waals surface area (Å²) >= 11 is 8.92. The van der Waals surface area contributed by atoms with Crippen molar-refractivity contribution in [3.63, 3.8) is 0 Å². The summed E-state index contributed by atoms with van der Waals surface area (Å²) in [6, 6.07) is 4.26. The highest BCUT2D eigenvalue weighted by Crippen LogP contribution is 2.30. The summed E-state index contributed by atoms with van der Waals surface area (Å²) in [7, 11) is 0. The van der Waals surface area contributed by atoms with Gasteiger partial charge in [0.1, 0.15) is 5.69 Å². The molecule has 19 heavy (non-hydrogen) atoms. The van der Waals surface area contributed by atoms with E-state index in [9.17, 15) is 17.6 Å². The minimum absolute atomic E-state index is 0.163. The minimum atomic E-state index is -1.73. The van der Waals surface area contributed by atoms with Crippen molar-refractivity contribution in [2.75, 3.05) is 5.32 Å². The Morgan fingerprint density at radius 2 is 1.63 bits per heavy atom. The first-order valence-corrected chi connectivity index (χ1v) is 5.99. The van der Waals surface area contributed by atoms with E-state index in [-0.39, 0.29) is 10.7 Å². The first kappa shape index (κ1) is 14.1. The second-order valence-electron chi connectivity index (χ2n) is 3.45. The molecule has 0 amide bonds. The fraction of sp³-hybridized carbons (Fsp3) is 0. The third-order valence-corrected chi connectivity index (χ3v) is 3.42. The largest absolute Gasteiger partial charge is 0.350 e. The lowest BCUT2D eigenvalue weighted by Gasteiger charge is -2.10. The Labute approximate surface area is 118 Å². The molecule has 0 saturated carbocycles. The van der Waals surface area contributed by atoms with Crippen molar-refractivity contribution >= 4 is 38.9 Å². The molecule has 100 valence electrons. The molecule has 0 atom stereocenters. The molecule has 0 aliphatic heterocycles. The van der Waals surface area contributed by atoms with E-state index in [1.165, 1.54) is 18.2 Å². The molecular weight excluding hydrogens is 351 g/mol. The lowest BCUT2D eigenvalue weighted by atomic mass is 10.3. The number of halogens is 6. The highest BCUT2D eigenvalue weighted by atomic mass is 79.9. The van der Waals surface area contributed by atoms with Crippen LogP contribution in [-0.2, 0) is 0 Å². The summed E-state index contributed by atoms with van der Waals surface area (Å²) < 4.78 is 53.1. The number of hydrogen-bond donors (Lipinski definition) is 1. The number of aromatic nitrogens is 1. The Morgan fingerprint density at radius 1 is 1.05 bits per heavy atom. The van der Waals surface area contributed by atoms with Gasteiger partial charge < -0.3 is 5.32 Å². The van der Waals surface area contributed by atoms with Crippen molar-refractivity contribution in [3.05, 3.63) is 51.2 Å². The average Bonchev–Trinajstić information content (AvgIpc) is 2.36. The predicted octanol–water partition coefficient (Wildman–Crippen LogP) is 4.80. The molecule has 1 aromatic heterocycles. The van der Waals surface area contributed by atoms with E-state index in [0.717, 1.165) is 0 Å². The van der Waals surface area contributed by atoms with Gasteiger partial charge in [-0.25, -0.2) is 0 Å². The summed E-state index contributed by atoms with van der Waals surface area (Å²) in [5.74, 6) is -6.69. The molecule has 2 rings (SSSR count). The molecule has 0 aliphatic carbocycles. The Hall–Kier alpha value is -1.34. The molecule has 1 aromatic carbocycles. The molecule has 0 saturated heterocycles. The van der Waals surface area contributed by atoms with Gasteiger partial charge in [-0.15, -0.1) is 0 Å². The van der Waals surface area contributed by atoms with Crippen LogP contribution in [0.15, 0.2) is 22.7 Å². The van der Waals surface area contributed by atoms with Gasteiger partial charge in [0.25, 0.3) is 11.9 Å². The number of nitrogens with one attached hydrogen (secondary N) is 1. The summed E-state index contributed by atoms with van der Waals surface area (Å²) in [6.07, 6.45) is 0. The van der Waals surface area contributed by atoms with Crippen LogP contribution in [0.1, 0.15) is 0 Å². The van der Waals surface area contributed by atoms with E-state index in [2.05, 4.69) is 26.2 Å². The topological polar surface area (TPSA) is 24.9 Å². The lowest BCUT2D eigenvalue weighted by molar-refractivity contribution is 0.411. The molecular formula is C11H4BrClF4N2. The van der Waals surface area contributed by atoms with Crippen LogP contribution in [0, 0.1) is 23.5 Å². The molecule has 0 aliphatic rings. The van der Waals surface area contributed by atoms with Gasteiger partial charge in [-0.3, -0.25) is 0 Å². The maximum atomic E-state index is 13.4. The summed E-state index contributed by atoms with van der Waals surface area (Å²) in [5.41, 5.74) is -0.806. The fourth-order valence-corrected chi connectivity index (χ4v) is 1.74. The zero-order chi connectivity index (χ0) is 14.2. The van der Waals surface area contributed by atoms with Gasteiger partial charge in [0.2, 0.25) is 11.6 Å². The summed E-state index contributed by atoms with van der Waals surface area (Å²) in [5, 5.41) is 2.48. The quantitative estimate of drug-likeness (QED) is 0.618. The molecule has 0 unspecified atom stereocenters. The highest BCUT2D eigenvalue weighted by molar-refractivity contribution is 9.10. The van der Waals surface area contributed by atoms with Crippen LogP contribution in [-0.4, -0.2) is 4.98 Å². The zero-order valence-corrected chi connectivity index (χ0v) is 11.3. The molecule has 1 heterocycles. The van der Waals surface area contributed by atoms with E-state index in [0.29, 0.717) is 4.47 Å². The van der Waals surface area contributed by atoms with Crippen LogP contribution >= 0.6 is 27.5 Å². The van der Waals surface area contributed by atoms with E-state index in [1.807, 2.05) is 0 Å². The van der Waals surface area contributed by atoms with Gasteiger partial charge in [0.15, 0.2) is 0 Å². The maximum Gasteiger partial charge on any atom is 0.253 e. The lowest BCUT2D eigenvalue weighted by Crippen LogP contribution is -2.06. The number of nitrogens with zero attached hydrogens (tertiary/aromatic N) is 1. The van der Waals surface area contributed by atoms with E-state index in [1.54, 1.807) is 0 Å². The van der Waals surface area contributed by atoms with Gasteiger partial charge >= 0.3 is 0 Å². The van der Waals surface area contributed by atoms with Crippen LogP contribution in [0.3, 0.4) is 0 Å². The van der Waals surface area contributed by atoms with Crippen LogP contribution in [0.2, 0.25) is 5.02 Å². The van der Waals surface area contributed by atoms with Crippen LogP contribution in [0.5, 0.6) is 0 Å². The van der Waals surface area contributed by atoms with Crippen molar-refractivity contribution in [2.24, 2.45) is 0 Å². The molecule has 1 N–H and O–H groups in total. The first-order chi connectivity index (χ1) is 8.90. The summed E-state index contributed by atoms with van der Waals surface area (Å²) in [6.45, 7) is 0. The Bertz CT molecular complexity index is 625. The monoisotopic (exact) mass is 354 g/mol. The van der Waals surface area contributed by atoms with Gasteiger partial charge in [-0.1, -0.05) is 11.6 Å². The Kier molecular flexibility index (Phi) is 3.96. The molecule has 0 spiro atoms. The fourth-order valence-electron chi connectivity index (χ4n) is 1.31. The van der Waals surface area contributed by atoms with E-state index >= 15 is 0 Å². The smallest absolute Gasteiger partial charge is 0.253 e. The number of anilines is 2. The van der Waals surface area contributed by atoms with E-state index < -0.39 is 29.2 Å². The summed E-state index contributed by atoms with van der Waals surface area (Å²) in [4.78, 5) is 2.45. The maximum absolute atomic E-state index is 13.4. The van der Waals surface area contributed by atoms with Gasteiger partial charge in [-0.05, 0) is 34.1 Å². The molecule has 2 nitrogen and oxygen atoms in total. The number of rotatable bonds is 2. The minimum Gasteiger partial charge on any atom is -0.350 e. The van der Waals surface area contributed by atoms with E-state index in [4.69, 9.17) is 11.6 Å².